The highest BCUT2D eigenvalue weighted by atomic mass is 32.2. The minimum atomic E-state index is -0.737. The molecule has 23 heavy (non-hydrogen) atoms. The molecule has 1 amide bonds. The van der Waals surface area contributed by atoms with Gasteiger partial charge in [0, 0.05) is 0 Å². The predicted octanol–water partition coefficient (Wildman–Crippen LogP) is 0.777. The summed E-state index contributed by atoms with van der Waals surface area (Å²) in [6.07, 6.45) is 0. The van der Waals surface area contributed by atoms with Gasteiger partial charge in [-0.1, -0.05) is 30.3 Å². The van der Waals surface area contributed by atoms with Gasteiger partial charge in [0.1, 0.15) is 11.4 Å². The van der Waals surface area contributed by atoms with Crippen LogP contribution < -0.4 is 5.73 Å². The normalized spacial score (nSPS) is 17.9. The van der Waals surface area contributed by atoms with Gasteiger partial charge in [0.05, 0.1) is 25.8 Å². The number of hydrogen-bond donors (Lipinski definition) is 1. The van der Waals surface area contributed by atoms with Crippen molar-refractivity contribution in [3.05, 3.63) is 46.4 Å². The Morgan fingerprint density at radius 3 is 2.35 bits per heavy atom. The van der Waals surface area contributed by atoms with E-state index in [0.29, 0.717) is 0 Å². The second-order valence-electron chi connectivity index (χ2n) is 4.65. The Bertz CT molecular complexity index is 659. The molecule has 7 nitrogen and oxygen atoms in total. The fourth-order valence-electron chi connectivity index (χ4n) is 2.26. The van der Waals surface area contributed by atoms with Crippen LogP contribution in [0.3, 0.4) is 0 Å². The van der Waals surface area contributed by atoms with Crippen LogP contribution in [-0.4, -0.2) is 42.9 Å². The maximum absolute atomic E-state index is 12.0. The van der Waals surface area contributed by atoms with E-state index in [9.17, 15) is 14.4 Å². The molecule has 0 saturated carbocycles. The van der Waals surface area contributed by atoms with Gasteiger partial charge in [0.25, 0.3) is 0 Å². The van der Waals surface area contributed by atoms with E-state index in [1.165, 1.54) is 14.2 Å². The molecule has 1 aliphatic heterocycles. The van der Waals surface area contributed by atoms with E-state index in [1.807, 2.05) is 6.07 Å². The van der Waals surface area contributed by atoms with Gasteiger partial charge in [-0.25, -0.2) is 9.10 Å². The number of carbonyl (C=O) groups is 3. The van der Waals surface area contributed by atoms with Gasteiger partial charge >= 0.3 is 11.9 Å². The van der Waals surface area contributed by atoms with Crippen molar-refractivity contribution in [1.29, 1.82) is 0 Å². The van der Waals surface area contributed by atoms with E-state index < -0.39 is 23.9 Å². The average molecular weight is 336 g/mol. The summed E-state index contributed by atoms with van der Waals surface area (Å²) in [6, 6.07) is 8.37. The number of rotatable bonds is 5. The summed E-state index contributed by atoms with van der Waals surface area (Å²) in [5.74, 6) is -1.90. The monoisotopic (exact) mass is 336 g/mol. The van der Waals surface area contributed by atoms with Crippen LogP contribution in [0.15, 0.2) is 40.8 Å². The highest BCUT2D eigenvalue weighted by Crippen LogP contribution is 2.46. The third-order valence-corrected chi connectivity index (χ3v) is 4.42. The third-order valence-electron chi connectivity index (χ3n) is 3.28. The number of nitrogens with zero attached hydrogens (tertiary/aromatic N) is 1. The van der Waals surface area contributed by atoms with E-state index in [4.69, 9.17) is 10.5 Å². The molecule has 0 bridgehead atoms. The van der Waals surface area contributed by atoms with Crippen molar-refractivity contribution >= 4 is 29.8 Å². The zero-order valence-electron chi connectivity index (χ0n) is 12.6. The number of primary amides is 1. The second-order valence-corrected chi connectivity index (χ2v) is 5.71. The van der Waals surface area contributed by atoms with Crippen molar-refractivity contribution in [2.24, 2.45) is 5.73 Å². The molecule has 1 unspecified atom stereocenters. The van der Waals surface area contributed by atoms with E-state index in [-0.39, 0.29) is 17.0 Å². The molecule has 0 radical (unpaired) electrons. The first-order valence-electron chi connectivity index (χ1n) is 6.68. The number of esters is 2. The minimum absolute atomic E-state index is 0.0813. The molecule has 2 N–H and O–H groups in total. The molecule has 1 atom stereocenters. The van der Waals surface area contributed by atoms with E-state index in [0.717, 1.165) is 17.5 Å². The molecule has 1 heterocycles. The number of benzene rings is 1. The third kappa shape index (κ3) is 3.54. The smallest absolute Gasteiger partial charge is 0.346 e. The molecule has 0 aliphatic carbocycles. The van der Waals surface area contributed by atoms with Gasteiger partial charge in [0.2, 0.25) is 5.91 Å². The van der Waals surface area contributed by atoms with E-state index >= 15 is 0 Å². The first-order valence-corrected chi connectivity index (χ1v) is 7.45. The van der Waals surface area contributed by atoms with Crippen LogP contribution in [0.2, 0.25) is 0 Å². The molecule has 2 rings (SSSR count). The topological polar surface area (TPSA) is 98.9 Å². The van der Waals surface area contributed by atoms with Crippen molar-refractivity contribution in [3.63, 3.8) is 0 Å². The van der Waals surface area contributed by atoms with Crippen molar-refractivity contribution in [2.45, 2.75) is 6.04 Å². The van der Waals surface area contributed by atoms with Gasteiger partial charge < -0.3 is 15.2 Å². The van der Waals surface area contributed by atoms with Gasteiger partial charge in [0.15, 0.2) is 0 Å². The lowest BCUT2D eigenvalue weighted by Crippen LogP contribution is -2.30. The molecule has 0 saturated heterocycles. The lowest BCUT2D eigenvalue weighted by atomic mass is 9.97. The van der Waals surface area contributed by atoms with Crippen LogP contribution in [0.4, 0.5) is 0 Å². The molecule has 0 aromatic heterocycles. The first-order chi connectivity index (χ1) is 11.0. The molecule has 1 aromatic carbocycles. The summed E-state index contributed by atoms with van der Waals surface area (Å²) in [5.41, 5.74) is 6.31. The molecule has 1 aromatic rings. The van der Waals surface area contributed by atoms with E-state index in [2.05, 4.69) is 4.74 Å². The minimum Gasteiger partial charge on any atom is -0.468 e. The van der Waals surface area contributed by atoms with Crippen molar-refractivity contribution in [1.82, 2.24) is 4.31 Å². The Labute approximate surface area is 137 Å². The predicted molar refractivity (Wildman–Crippen MR) is 83.7 cm³/mol. The SMILES string of the molecule is COC(=O)CN1SC(C(=O)OC)=C(C(N)=O)C1c1ccccc1. The van der Waals surface area contributed by atoms with Crippen LogP contribution in [0.5, 0.6) is 0 Å². The summed E-state index contributed by atoms with van der Waals surface area (Å²) in [7, 11) is 2.49. The summed E-state index contributed by atoms with van der Waals surface area (Å²) < 4.78 is 11.0. The quantitative estimate of drug-likeness (QED) is 0.626. The molecule has 0 fully saturated rings. The average Bonchev–Trinajstić information content (AvgIpc) is 2.94. The summed E-state index contributed by atoms with van der Waals surface area (Å²) in [5, 5.41) is 0. The Morgan fingerprint density at radius 2 is 1.83 bits per heavy atom. The molecule has 0 spiro atoms. The maximum atomic E-state index is 12.0. The fourth-order valence-corrected chi connectivity index (χ4v) is 3.46. The maximum Gasteiger partial charge on any atom is 0.346 e. The highest BCUT2D eigenvalue weighted by molar-refractivity contribution is 8.02. The molecule has 1 aliphatic rings. The highest BCUT2D eigenvalue weighted by Gasteiger charge is 2.41. The summed E-state index contributed by atoms with van der Waals surface area (Å²) >= 11 is 0.963. The number of nitrogens with two attached hydrogens (primary N) is 1. The van der Waals surface area contributed by atoms with Crippen LogP contribution in [0.1, 0.15) is 11.6 Å². The standard InChI is InChI=1S/C15H16N2O5S/c1-21-10(18)8-17-12(9-6-4-3-5-7-9)11(14(16)19)13(23-17)15(20)22-2/h3-7,12H,8H2,1-2H3,(H2,16,19). The fraction of sp³-hybridized carbons (Fsp3) is 0.267. The van der Waals surface area contributed by atoms with Gasteiger partial charge in [-0.15, -0.1) is 0 Å². The van der Waals surface area contributed by atoms with E-state index in [1.54, 1.807) is 28.6 Å². The zero-order valence-corrected chi connectivity index (χ0v) is 13.5. The number of ether oxygens (including phenoxy) is 2. The Morgan fingerprint density at radius 1 is 1.17 bits per heavy atom. The molecule has 122 valence electrons. The Hall–Kier alpha value is -2.32. The van der Waals surface area contributed by atoms with Gasteiger partial charge in [-0.3, -0.25) is 9.59 Å². The number of carbonyl (C=O) groups excluding carboxylic acids is 3. The van der Waals surface area contributed by atoms with Crippen LogP contribution >= 0.6 is 11.9 Å². The number of amides is 1. The van der Waals surface area contributed by atoms with Crippen LogP contribution in [0, 0.1) is 0 Å². The zero-order chi connectivity index (χ0) is 17.0. The molecular weight excluding hydrogens is 320 g/mol. The number of methoxy groups -OCH3 is 2. The first kappa shape index (κ1) is 17.0. The Kier molecular flexibility index (Phi) is 5.41. The lowest BCUT2D eigenvalue weighted by Gasteiger charge is -2.23. The lowest BCUT2D eigenvalue weighted by molar-refractivity contribution is -0.141. The van der Waals surface area contributed by atoms with Crippen molar-refractivity contribution in [2.75, 3.05) is 20.8 Å². The Balaban J connectivity index is 2.50. The second kappa shape index (κ2) is 7.30. The van der Waals surface area contributed by atoms with Gasteiger partial charge in [-0.05, 0) is 17.5 Å². The van der Waals surface area contributed by atoms with Crippen molar-refractivity contribution < 1.29 is 23.9 Å². The number of hydrogen-bond acceptors (Lipinski definition) is 7. The van der Waals surface area contributed by atoms with Crippen molar-refractivity contribution in [3.8, 4) is 0 Å². The van der Waals surface area contributed by atoms with Gasteiger partial charge in [-0.2, -0.15) is 0 Å². The summed E-state index contributed by atoms with van der Waals surface area (Å²) in [6.45, 7) is -0.113. The largest absolute Gasteiger partial charge is 0.468 e. The molecule has 8 heteroatoms. The van der Waals surface area contributed by atoms with Crippen LogP contribution in [0.25, 0.3) is 0 Å². The van der Waals surface area contributed by atoms with Crippen LogP contribution in [-0.2, 0) is 23.9 Å². The molecular formula is C15H16N2O5S. The summed E-state index contributed by atoms with van der Waals surface area (Å²) in [4.78, 5) is 35.6.